The average molecular weight is 297 g/mol. The molecule has 2 rings (SSSR count). The highest BCUT2D eigenvalue weighted by atomic mass is 32.2. The monoisotopic (exact) mass is 297 g/mol. The van der Waals surface area contributed by atoms with E-state index in [1.165, 1.54) is 23.8 Å². The number of rotatable bonds is 7. The van der Waals surface area contributed by atoms with Gasteiger partial charge in [-0.15, -0.1) is 0 Å². The number of aromatic nitrogens is 1. The lowest BCUT2D eigenvalue weighted by atomic mass is 10.4. The predicted molar refractivity (Wildman–Crippen MR) is 75.5 cm³/mol. The highest BCUT2D eigenvalue weighted by Gasteiger charge is 2.22. The van der Waals surface area contributed by atoms with Crippen molar-refractivity contribution in [3.63, 3.8) is 0 Å². The summed E-state index contributed by atoms with van der Waals surface area (Å²) < 4.78 is 31.2. The van der Waals surface area contributed by atoms with Crippen LogP contribution in [-0.4, -0.2) is 31.3 Å². The van der Waals surface area contributed by atoms with Crippen LogP contribution in [0.1, 0.15) is 18.4 Å². The van der Waals surface area contributed by atoms with Crippen LogP contribution < -0.4 is 5.32 Å². The van der Waals surface area contributed by atoms with Gasteiger partial charge in [-0.25, -0.2) is 8.42 Å². The van der Waals surface area contributed by atoms with Crippen molar-refractivity contribution in [3.05, 3.63) is 42.1 Å². The Balaban J connectivity index is 2.10. The van der Waals surface area contributed by atoms with E-state index in [-0.39, 0.29) is 11.4 Å². The molecule has 7 heteroatoms. The van der Waals surface area contributed by atoms with Gasteiger partial charge in [0, 0.05) is 25.5 Å². The summed E-state index contributed by atoms with van der Waals surface area (Å²) in [4.78, 5) is 3.23. The van der Waals surface area contributed by atoms with Crippen molar-refractivity contribution in [2.75, 3.05) is 13.6 Å². The van der Waals surface area contributed by atoms with E-state index in [2.05, 4.69) is 10.3 Å². The lowest BCUT2D eigenvalue weighted by Crippen LogP contribution is -2.26. The highest BCUT2D eigenvalue weighted by molar-refractivity contribution is 7.89. The molecule has 0 spiro atoms. The number of nitrogens with one attached hydrogen (secondary N) is 2. The van der Waals surface area contributed by atoms with Crippen molar-refractivity contribution in [1.29, 1.82) is 0 Å². The minimum atomic E-state index is -3.50. The SMILES string of the molecule is CCNCc1cc(S(=O)(=O)N(C)Cc2ccco2)c[nH]1. The van der Waals surface area contributed by atoms with Crippen molar-refractivity contribution in [2.45, 2.75) is 24.9 Å². The molecule has 0 atom stereocenters. The van der Waals surface area contributed by atoms with Crippen molar-refractivity contribution < 1.29 is 12.8 Å². The number of aromatic amines is 1. The van der Waals surface area contributed by atoms with E-state index in [0.29, 0.717) is 12.3 Å². The van der Waals surface area contributed by atoms with Crippen molar-refractivity contribution >= 4 is 10.0 Å². The van der Waals surface area contributed by atoms with Crippen molar-refractivity contribution in [1.82, 2.24) is 14.6 Å². The Labute approximate surface area is 118 Å². The second kappa shape index (κ2) is 6.25. The molecule has 2 aromatic rings. The third-order valence-electron chi connectivity index (χ3n) is 2.95. The standard InChI is InChI=1S/C13H19N3O3S/c1-3-14-8-11-7-13(9-15-11)20(17,18)16(2)10-12-5-4-6-19-12/h4-7,9,14-15H,3,8,10H2,1-2H3. The van der Waals surface area contributed by atoms with Gasteiger partial charge >= 0.3 is 0 Å². The Morgan fingerprint density at radius 2 is 2.25 bits per heavy atom. The summed E-state index contributed by atoms with van der Waals surface area (Å²) in [5.41, 5.74) is 0.844. The zero-order chi connectivity index (χ0) is 14.6. The Morgan fingerprint density at radius 3 is 2.90 bits per heavy atom. The normalized spacial score (nSPS) is 12.2. The van der Waals surface area contributed by atoms with Gasteiger partial charge in [0.25, 0.3) is 0 Å². The van der Waals surface area contributed by atoms with Gasteiger partial charge in [0.15, 0.2) is 0 Å². The first-order chi connectivity index (χ1) is 9.54. The third-order valence-corrected chi connectivity index (χ3v) is 4.73. The number of H-pyrrole nitrogens is 1. The highest BCUT2D eigenvalue weighted by Crippen LogP contribution is 2.17. The van der Waals surface area contributed by atoms with E-state index in [0.717, 1.165) is 12.2 Å². The fourth-order valence-electron chi connectivity index (χ4n) is 1.82. The van der Waals surface area contributed by atoms with Crippen LogP contribution in [0.15, 0.2) is 40.0 Å². The van der Waals surface area contributed by atoms with E-state index in [9.17, 15) is 8.42 Å². The van der Waals surface area contributed by atoms with Crippen LogP contribution in [0, 0.1) is 0 Å². The fraction of sp³-hybridized carbons (Fsp3) is 0.385. The molecule has 0 aliphatic heterocycles. The molecule has 0 saturated carbocycles. The summed E-state index contributed by atoms with van der Waals surface area (Å²) in [5.74, 6) is 0.611. The van der Waals surface area contributed by atoms with Crippen LogP contribution in [0.2, 0.25) is 0 Å². The molecule has 0 aliphatic rings. The molecule has 0 bridgehead atoms. The van der Waals surface area contributed by atoms with Crippen LogP contribution in [0.5, 0.6) is 0 Å². The van der Waals surface area contributed by atoms with Crippen LogP contribution >= 0.6 is 0 Å². The zero-order valence-electron chi connectivity index (χ0n) is 11.6. The van der Waals surface area contributed by atoms with Crippen molar-refractivity contribution in [2.24, 2.45) is 0 Å². The Hall–Kier alpha value is -1.57. The van der Waals surface area contributed by atoms with Gasteiger partial charge in [-0.1, -0.05) is 6.92 Å². The summed E-state index contributed by atoms with van der Waals surface area (Å²) in [6.07, 6.45) is 3.04. The largest absolute Gasteiger partial charge is 0.468 e. The lowest BCUT2D eigenvalue weighted by Gasteiger charge is -2.14. The number of nitrogens with zero attached hydrogens (tertiary/aromatic N) is 1. The van der Waals surface area contributed by atoms with Gasteiger partial charge < -0.3 is 14.7 Å². The summed E-state index contributed by atoms with van der Waals surface area (Å²) in [6.45, 7) is 3.66. The van der Waals surface area contributed by atoms with Gasteiger partial charge in [0.1, 0.15) is 5.76 Å². The van der Waals surface area contributed by atoms with E-state index in [1.54, 1.807) is 18.2 Å². The quantitative estimate of drug-likeness (QED) is 0.812. The van der Waals surface area contributed by atoms with Crippen molar-refractivity contribution in [3.8, 4) is 0 Å². The first-order valence-electron chi connectivity index (χ1n) is 6.40. The van der Waals surface area contributed by atoms with Gasteiger partial charge in [-0.2, -0.15) is 4.31 Å². The van der Waals surface area contributed by atoms with Gasteiger partial charge in [0.05, 0.1) is 17.7 Å². The summed E-state index contributed by atoms with van der Waals surface area (Å²) in [6, 6.07) is 5.14. The van der Waals surface area contributed by atoms with Gasteiger partial charge in [-0.05, 0) is 24.7 Å². The van der Waals surface area contributed by atoms with Crippen LogP contribution in [-0.2, 0) is 23.1 Å². The smallest absolute Gasteiger partial charge is 0.244 e. The first-order valence-corrected chi connectivity index (χ1v) is 7.84. The minimum Gasteiger partial charge on any atom is -0.468 e. The lowest BCUT2D eigenvalue weighted by molar-refractivity contribution is 0.406. The topological polar surface area (TPSA) is 78.3 Å². The molecule has 110 valence electrons. The fourth-order valence-corrected chi connectivity index (χ4v) is 2.97. The average Bonchev–Trinajstić information content (AvgIpc) is 3.07. The van der Waals surface area contributed by atoms with Crippen LogP contribution in [0.4, 0.5) is 0 Å². The minimum absolute atomic E-state index is 0.211. The molecular weight excluding hydrogens is 278 g/mol. The molecule has 20 heavy (non-hydrogen) atoms. The molecule has 0 saturated heterocycles. The molecule has 0 radical (unpaired) electrons. The second-order valence-corrected chi connectivity index (χ2v) is 6.53. The molecule has 0 aromatic carbocycles. The molecule has 2 N–H and O–H groups in total. The van der Waals surface area contributed by atoms with Gasteiger partial charge in [-0.3, -0.25) is 0 Å². The Morgan fingerprint density at radius 1 is 1.45 bits per heavy atom. The van der Waals surface area contributed by atoms with E-state index in [1.807, 2.05) is 6.92 Å². The van der Waals surface area contributed by atoms with E-state index < -0.39 is 10.0 Å². The van der Waals surface area contributed by atoms with Crippen LogP contribution in [0.25, 0.3) is 0 Å². The summed E-state index contributed by atoms with van der Waals surface area (Å²) >= 11 is 0. The molecular formula is C13H19N3O3S. The molecule has 2 heterocycles. The van der Waals surface area contributed by atoms with E-state index >= 15 is 0 Å². The maximum atomic E-state index is 12.4. The zero-order valence-corrected chi connectivity index (χ0v) is 12.4. The summed E-state index contributed by atoms with van der Waals surface area (Å²) in [7, 11) is -1.97. The molecule has 0 amide bonds. The predicted octanol–water partition coefficient (Wildman–Crippen LogP) is 1.54. The molecule has 0 fully saturated rings. The maximum absolute atomic E-state index is 12.4. The van der Waals surface area contributed by atoms with Gasteiger partial charge in [0.2, 0.25) is 10.0 Å². The Kier molecular flexibility index (Phi) is 4.64. The van der Waals surface area contributed by atoms with E-state index in [4.69, 9.17) is 4.42 Å². The third kappa shape index (κ3) is 3.30. The van der Waals surface area contributed by atoms with Crippen LogP contribution in [0.3, 0.4) is 0 Å². The molecule has 0 aliphatic carbocycles. The number of sulfonamides is 1. The maximum Gasteiger partial charge on any atom is 0.244 e. The molecule has 2 aromatic heterocycles. The number of hydrogen-bond acceptors (Lipinski definition) is 4. The number of hydrogen-bond donors (Lipinski definition) is 2. The number of furan rings is 1. The molecule has 0 unspecified atom stereocenters. The second-order valence-electron chi connectivity index (χ2n) is 4.48. The molecule has 6 nitrogen and oxygen atoms in total. The summed E-state index contributed by atoms with van der Waals surface area (Å²) in [5, 5.41) is 3.14. The first kappa shape index (κ1) is 14.8. The Bertz CT molecular complexity index is 632.